The van der Waals surface area contributed by atoms with Gasteiger partial charge in [0.25, 0.3) is 0 Å². The zero-order valence-corrected chi connectivity index (χ0v) is 22.2. The number of benzene rings is 1. The van der Waals surface area contributed by atoms with Crippen molar-refractivity contribution in [3.63, 3.8) is 0 Å². The van der Waals surface area contributed by atoms with Crippen molar-refractivity contribution >= 4 is 40.7 Å². The number of hydrogen-bond acceptors (Lipinski definition) is 4. The lowest BCUT2D eigenvalue weighted by Gasteiger charge is -2.30. The molecule has 0 aliphatic heterocycles. The van der Waals surface area contributed by atoms with Gasteiger partial charge in [0.1, 0.15) is 11.5 Å². The molecule has 0 amide bonds. The van der Waals surface area contributed by atoms with Crippen molar-refractivity contribution in [3.05, 3.63) is 23.8 Å². The third-order valence-corrected chi connectivity index (χ3v) is 7.90. The van der Waals surface area contributed by atoms with E-state index in [0.29, 0.717) is 23.9 Å². The highest BCUT2D eigenvalue weighted by Crippen LogP contribution is 2.30. The number of nitrogens with zero attached hydrogens (tertiary/aromatic N) is 1. The van der Waals surface area contributed by atoms with Crippen molar-refractivity contribution in [2.45, 2.75) is 82.2 Å². The molecule has 0 bridgehead atoms. The largest absolute Gasteiger partial charge is 0.497 e. The molecule has 0 aromatic heterocycles. The Balaban J connectivity index is 0.00000341. The average molecular weight is 564 g/mol. The van der Waals surface area contributed by atoms with Crippen LogP contribution in [0, 0.1) is 0 Å². The molecule has 176 valence electrons. The fourth-order valence-corrected chi connectivity index (χ4v) is 5.77. The minimum absolute atomic E-state index is 0. The molecule has 1 aromatic rings. The molecule has 2 N–H and O–H groups in total. The molecule has 1 aromatic carbocycles. The number of halogens is 1. The summed E-state index contributed by atoms with van der Waals surface area (Å²) in [5.74, 6) is 3.23. The molecular weight excluding hydrogens is 525 g/mol. The Hall–Kier alpha value is -1.03. The van der Waals surface area contributed by atoms with E-state index >= 15 is 0 Å². The number of ether oxygens (including phenoxy) is 2. The Morgan fingerprint density at radius 1 is 1.19 bits per heavy atom. The van der Waals surface area contributed by atoms with Crippen LogP contribution < -0.4 is 20.1 Å². The van der Waals surface area contributed by atoms with Gasteiger partial charge in [-0.1, -0.05) is 13.3 Å². The fraction of sp³-hybridized carbons (Fsp3) is 0.696. The second kappa shape index (κ2) is 13.5. The first kappa shape index (κ1) is 26.2. The van der Waals surface area contributed by atoms with Crippen LogP contribution in [0.5, 0.6) is 11.5 Å². The summed E-state index contributed by atoms with van der Waals surface area (Å²) in [6.45, 7) is 2.64. The molecule has 8 heteroatoms. The van der Waals surface area contributed by atoms with Gasteiger partial charge in [-0.2, -0.15) is 0 Å². The maximum Gasteiger partial charge on any atom is 0.191 e. The van der Waals surface area contributed by atoms with E-state index in [1.54, 1.807) is 14.2 Å². The van der Waals surface area contributed by atoms with Gasteiger partial charge in [0.2, 0.25) is 0 Å². The van der Waals surface area contributed by atoms with Gasteiger partial charge >= 0.3 is 0 Å². The lowest BCUT2D eigenvalue weighted by atomic mass is 9.95. The van der Waals surface area contributed by atoms with Gasteiger partial charge in [0.15, 0.2) is 5.96 Å². The van der Waals surface area contributed by atoms with Crippen molar-refractivity contribution in [1.82, 2.24) is 10.6 Å². The smallest absolute Gasteiger partial charge is 0.191 e. The van der Waals surface area contributed by atoms with E-state index in [-0.39, 0.29) is 24.0 Å². The lowest BCUT2D eigenvalue weighted by molar-refractivity contribution is 0.207. The van der Waals surface area contributed by atoms with E-state index in [1.807, 2.05) is 19.1 Å². The quantitative estimate of drug-likeness (QED) is 0.279. The van der Waals surface area contributed by atoms with Crippen molar-refractivity contribution in [2.75, 3.05) is 19.9 Å². The Kier molecular flexibility index (Phi) is 11.4. The van der Waals surface area contributed by atoms with E-state index in [1.165, 1.54) is 12.8 Å². The second-order valence-corrected chi connectivity index (χ2v) is 10.2. The minimum Gasteiger partial charge on any atom is -0.497 e. The molecule has 31 heavy (non-hydrogen) atoms. The van der Waals surface area contributed by atoms with Crippen molar-refractivity contribution in [3.8, 4) is 11.5 Å². The van der Waals surface area contributed by atoms with Crippen LogP contribution in [-0.2, 0) is 17.3 Å². The number of methoxy groups -OCH3 is 1. The first-order valence-electron chi connectivity index (χ1n) is 11.3. The standard InChI is InChI=1S/C23H37N3O3S.HI/c1-4-30(27)21-11-7-8-18(14-21)26-23(24-2)25-16-17-12-13-20(28-3)15-22(17)29-19-9-5-6-10-19;/h12-13,15,18-19,21H,4-11,14,16H2,1-3H3,(H2,24,25,26);1H. The molecule has 2 saturated carbocycles. The molecule has 2 fully saturated rings. The van der Waals surface area contributed by atoms with Crippen LogP contribution in [0.3, 0.4) is 0 Å². The van der Waals surface area contributed by atoms with Crippen LogP contribution in [0.15, 0.2) is 23.2 Å². The van der Waals surface area contributed by atoms with Crippen molar-refractivity contribution < 1.29 is 13.7 Å². The number of aliphatic imine (C=N–C) groups is 1. The van der Waals surface area contributed by atoms with Crippen molar-refractivity contribution in [2.24, 2.45) is 4.99 Å². The zero-order valence-electron chi connectivity index (χ0n) is 19.0. The highest BCUT2D eigenvalue weighted by Gasteiger charge is 2.26. The average Bonchev–Trinajstić information content (AvgIpc) is 3.29. The molecule has 3 unspecified atom stereocenters. The third kappa shape index (κ3) is 7.80. The minimum atomic E-state index is -0.722. The Morgan fingerprint density at radius 3 is 2.65 bits per heavy atom. The molecule has 0 radical (unpaired) electrons. The molecule has 3 atom stereocenters. The molecule has 6 nitrogen and oxygen atoms in total. The summed E-state index contributed by atoms with van der Waals surface area (Å²) >= 11 is 0. The molecular formula is C23H38IN3O3S. The summed E-state index contributed by atoms with van der Waals surface area (Å²) in [4.78, 5) is 4.41. The van der Waals surface area contributed by atoms with Gasteiger partial charge in [-0.05, 0) is 57.1 Å². The van der Waals surface area contributed by atoms with Crippen LogP contribution >= 0.6 is 24.0 Å². The van der Waals surface area contributed by atoms with Gasteiger partial charge < -0.3 is 20.1 Å². The lowest BCUT2D eigenvalue weighted by Crippen LogP contribution is -2.46. The van der Waals surface area contributed by atoms with Crippen LogP contribution in [0.2, 0.25) is 0 Å². The molecule has 0 saturated heterocycles. The summed E-state index contributed by atoms with van der Waals surface area (Å²) in [6.07, 6.45) is 9.24. The summed E-state index contributed by atoms with van der Waals surface area (Å²) in [5.41, 5.74) is 1.10. The van der Waals surface area contributed by atoms with Gasteiger partial charge in [-0.3, -0.25) is 9.20 Å². The number of nitrogens with one attached hydrogen (secondary N) is 2. The normalized spacial score (nSPS) is 23.0. The van der Waals surface area contributed by atoms with E-state index in [0.717, 1.165) is 67.3 Å². The summed E-state index contributed by atoms with van der Waals surface area (Å²) in [6, 6.07) is 6.33. The van der Waals surface area contributed by atoms with E-state index in [2.05, 4.69) is 21.7 Å². The van der Waals surface area contributed by atoms with E-state index < -0.39 is 10.8 Å². The number of rotatable bonds is 8. The first-order chi connectivity index (χ1) is 14.6. The fourth-order valence-electron chi connectivity index (χ4n) is 4.42. The van der Waals surface area contributed by atoms with Gasteiger partial charge in [0.05, 0.1) is 13.2 Å². The monoisotopic (exact) mass is 563 g/mol. The molecule has 0 spiro atoms. The molecule has 3 rings (SSSR count). The number of hydrogen-bond donors (Lipinski definition) is 2. The van der Waals surface area contributed by atoms with Crippen LogP contribution in [0.4, 0.5) is 0 Å². The summed E-state index contributed by atoms with van der Waals surface area (Å²) < 4.78 is 23.9. The van der Waals surface area contributed by atoms with Crippen LogP contribution in [0.25, 0.3) is 0 Å². The second-order valence-electron chi connectivity index (χ2n) is 8.22. The Labute approximate surface area is 206 Å². The zero-order chi connectivity index (χ0) is 21.3. The topological polar surface area (TPSA) is 72.0 Å². The summed E-state index contributed by atoms with van der Waals surface area (Å²) in [5, 5.41) is 7.27. The third-order valence-electron chi connectivity index (χ3n) is 6.16. The Bertz CT molecular complexity index is 741. The summed E-state index contributed by atoms with van der Waals surface area (Å²) in [7, 11) is 2.76. The predicted molar refractivity (Wildman–Crippen MR) is 139 cm³/mol. The first-order valence-corrected chi connectivity index (χ1v) is 12.7. The van der Waals surface area contributed by atoms with Gasteiger partial charge in [-0.25, -0.2) is 0 Å². The highest BCUT2D eigenvalue weighted by atomic mass is 127. The molecule has 2 aliphatic carbocycles. The van der Waals surface area contributed by atoms with Crippen molar-refractivity contribution in [1.29, 1.82) is 0 Å². The maximum atomic E-state index is 12.2. The molecule has 0 heterocycles. The SMILES string of the molecule is CCS(=O)C1CCCC(NC(=NC)NCc2ccc(OC)cc2OC2CCCC2)C1.I. The highest BCUT2D eigenvalue weighted by molar-refractivity contribution is 14.0. The van der Waals surface area contributed by atoms with Crippen LogP contribution in [-0.4, -0.2) is 47.5 Å². The predicted octanol–water partition coefficient (Wildman–Crippen LogP) is 4.38. The van der Waals surface area contributed by atoms with Gasteiger partial charge in [0, 0.05) is 53.1 Å². The van der Waals surface area contributed by atoms with E-state index in [4.69, 9.17) is 9.47 Å². The van der Waals surface area contributed by atoms with Gasteiger partial charge in [-0.15, -0.1) is 24.0 Å². The number of guanidine groups is 1. The molecule has 2 aliphatic rings. The Morgan fingerprint density at radius 2 is 1.97 bits per heavy atom. The van der Waals surface area contributed by atoms with E-state index in [9.17, 15) is 4.21 Å². The van der Waals surface area contributed by atoms with Crippen LogP contribution in [0.1, 0.15) is 63.9 Å². The maximum absolute atomic E-state index is 12.2.